The Hall–Kier alpha value is -0.160. The van der Waals surface area contributed by atoms with Gasteiger partial charge in [0.2, 0.25) is 0 Å². The molecule has 0 spiro atoms. The molecule has 0 radical (unpaired) electrons. The van der Waals surface area contributed by atoms with Crippen molar-refractivity contribution in [1.29, 1.82) is 0 Å². The average molecular weight is 538 g/mol. The zero-order chi connectivity index (χ0) is 20.4. The van der Waals surface area contributed by atoms with Crippen LogP contribution in [0.15, 0.2) is 4.99 Å². The van der Waals surface area contributed by atoms with Crippen molar-refractivity contribution in [2.24, 2.45) is 4.99 Å². The van der Waals surface area contributed by atoms with E-state index >= 15 is 0 Å². The molecule has 0 aromatic carbocycles. The largest absolute Gasteiger partial charge is 0.379 e. The van der Waals surface area contributed by atoms with Crippen LogP contribution in [0, 0.1) is 0 Å². The summed E-state index contributed by atoms with van der Waals surface area (Å²) in [5, 5.41) is 6.95. The van der Waals surface area contributed by atoms with Crippen molar-refractivity contribution >= 4 is 29.9 Å². The molecule has 0 aliphatic carbocycles. The van der Waals surface area contributed by atoms with Gasteiger partial charge in [0.15, 0.2) is 5.96 Å². The zero-order valence-electron chi connectivity index (χ0n) is 19.2. The smallest absolute Gasteiger partial charge is 0.191 e. The third kappa shape index (κ3) is 8.07. The molecule has 30 heavy (non-hydrogen) atoms. The molecular weight excluding hydrogens is 493 g/mol. The Morgan fingerprint density at radius 2 is 1.90 bits per heavy atom. The Morgan fingerprint density at radius 1 is 1.13 bits per heavy atom. The number of hydrogen-bond acceptors (Lipinski definition) is 5. The minimum atomic E-state index is 0. The van der Waals surface area contributed by atoms with Crippen molar-refractivity contribution in [3.63, 3.8) is 0 Å². The lowest BCUT2D eigenvalue weighted by Gasteiger charge is -2.49. The minimum absolute atomic E-state index is 0. The first kappa shape index (κ1) is 26.1. The van der Waals surface area contributed by atoms with Crippen LogP contribution >= 0.6 is 24.0 Å². The Bertz CT molecular complexity index is 488. The highest BCUT2D eigenvalue weighted by molar-refractivity contribution is 14.0. The number of likely N-dealkylation sites (tertiary alicyclic amines) is 2. The first-order valence-electron chi connectivity index (χ1n) is 11.9. The third-order valence-electron chi connectivity index (χ3n) is 6.68. The maximum absolute atomic E-state index is 5.87. The number of nitrogens with one attached hydrogen (secondary N) is 2. The van der Waals surface area contributed by atoms with Gasteiger partial charge in [-0.1, -0.05) is 6.42 Å². The molecule has 0 bridgehead atoms. The molecule has 1 atom stereocenters. The van der Waals surface area contributed by atoms with E-state index in [0.29, 0.717) is 6.10 Å². The molecule has 2 N–H and O–H groups in total. The van der Waals surface area contributed by atoms with Crippen LogP contribution in [0.2, 0.25) is 0 Å². The molecule has 8 heteroatoms. The second-order valence-electron chi connectivity index (χ2n) is 8.91. The molecule has 3 aliphatic heterocycles. The number of guanidine groups is 1. The first-order chi connectivity index (χ1) is 14.2. The van der Waals surface area contributed by atoms with Gasteiger partial charge in [0.05, 0.1) is 19.3 Å². The highest BCUT2D eigenvalue weighted by Gasteiger charge is 2.39. The molecule has 3 saturated heterocycles. The predicted molar refractivity (Wildman–Crippen MR) is 134 cm³/mol. The number of nitrogens with zero attached hydrogens (tertiary/aromatic N) is 3. The van der Waals surface area contributed by atoms with Crippen molar-refractivity contribution in [3.8, 4) is 0 Å². The summed E-state index contributed by atoms with van der Waals surface area (Å²) in [4.78, 5) is 10.3. The second kappa shape index (κ2) is 14.1. The molecule has 176 valence electrons. The van der Waals surface area contributed by atoms with Gasteiger partial charge < -0.3 is 25.0 Å². The van der Waals surface area contributed by atoms with E-state index in [2.05, 4.69) is 34.4 Å². The van der Waals surface area contributed by atoms with Crippen LogP contribution in [0.3, 0.4) is 0 Å². The Balaban J connectivity index is 0.00000320. The van der Waals surface area contributed by atoms with Gasteiger partial charge in [-0.3, -0.25) is 9.89 Å². The fraction of sp³-hybridized carbons (Fsp3) is 0.955. The Morgan fingerprint density at radius 3 is 2.57 bits per heavy atom. The summed E-state index contributed by atoms with van der Waals surface area (Å²) in [5.41, 5.74) is 0.237. The number of rotatable bonds is 9. The monoisotopic (exact) mass is 537 g/mol. The van der Waals surface area contributed by atoms with E-state index in [1.807, 2.05) is 0 Å². The van der Waals surface area contributed by atoms with E-state index in [4.69, 9.17) is 14.5 Å². The lowest BCUT2D eigenvalue weighted by atomic mass is 9.84. The fourth-order valence-corrected chi connectivity index (χ4v) is 4.72. The second-order valence-corrected chi connectivity index (χ2v) is 8.91. The van der Waals surface area contributed by atoms with E-state index in [0.717, 1.165) is 58.3 Å². The number of aliphatic imine (C=N–C) groups is 1. The normalized spacial score (nSPS) is 25.7. The SMILES string of the molecule is CCNC(=NCC1(N2CCCCC2)CCN(C)CC1)NCCCOC1CCOC1.I. The summed E-state index contributed by atoms with van der Waals surface area (Å²) in [6.45, 7) is 12.0. The molecule has 1 unspecified atom stereocenters. The quantitative estimate of drug-likeness (QED) is 0.204. The summed E-state index contributed by atoms with van der Waals surface area (Å²) in [6.07, 6.45) is 8.83. The lowest BCUT2D eigenvalue weighted by Crippen LogP contribution is -2.58. The molecule has 0 amide bonds. The van der Waals surface area contributed by atoms with E-state index in [1.54, 1.807) is 0 Å². The predicted octanol–water partition coefficient (Wildman–Crippen LogP) is 2.31. The van der Waals surface area contributed by atoms with Crippen molar-refractivity contribution in [3.05, 3.63) is 0 Å². The van der Waals surface area contributed by atoms with Crippen LogP contribution < -0.4 is 10.6 Å². The highest BCUT2D eigenvalue weighted by atomic mass is 127. The van der Waals surface area contributed by atoms with Crippen LogP contribution in [0.1, 0.15) is 51.9 Å². The highest BCUT2D eigenvalue weighted by Crippen LogP contribution is 2.31. The van der Waals surface area contributed by atoms with Crippen LogP contribution in [0.25, 0.3) is 0 Å². The van der Waals surface area contributed by atoms with Crippen LogP contribution in [0.4, 0.5) is 0 Å². The Kier molecular flexibility index (Phi) is 12.2. The molecule has 0 aromatic heterocycles. The molecule has 3 heterocycles. The number of piperidine rings is 2. The standard InChI is InChI=1S/C22H43N5O2.HI/c1-3-23-21(24-11-7-16-29-20-8-17-28-18-20)25-19-22(9-14-26(2)15-10-22)27-12-5-4-6-13-27;/h20H,3-19H2,1-2H3,(H2,23,24,25);1H. The lowest BCUT2D eigenvalue weighted by molar-refractivity contribution is 0.0208. The van der Waals surface area contributed by atoms with Crippen molar-refractivity contribution in [1.82, 2.24) is 20.4 Å². The van der Waals surface area contributed by atoms with Crippen LogP contribution in [-0.4, -0.2) is 100 Å². The summed E-state index contributed by atoms with van der Waals surface area (Å²) >= 11 is 0. The van der Waals surface area contributed by atoms with E-state index in [-0.39, 0.29) is 29.5 Å². The Labute approximate surface area is 200 Å². The number of ether oxygens (including phenoxy) is 2. The first-order valence-corrected chi connectivity index (χ1v) is 11.9. The van der Waals surface area contributed by atoms with Gasteiger partial charge in [0, 0.05) is 31.8 Å². The molecule has 0 aromatic rings. The van der Waals surface area contributed by atoms with Crippen molar-refractivity contribution in [2.75, 3.05) is 72.7 Å². The topological polar surface area (TPSA) is 61.4 Å². The van der Waals surface area contributed by atoms with E-state index in [9.17, 15) is 0 Å². The summed E-state index contributed by atoms with van der Waals surface area (Å²) in [7, 11) is 2.24. The summed E-state index contributed by atoms with van der Waals surface area (Å²) in [6, 6.07) is 0. The summed E-state index contributed by atoms with van der Waals surface area (Å²) < 4.78 is 11.2. The molecule has 7 nitrogen and oxygen atoms in total. The molecular formula is C22H44IN5O2. The van der Waals surface area contributed by atoms with Crippen molar-refractivity contribution in [2.45, 2.75) is 63.5 Å². The van der Waals surface area contributed by atoms with Gasteiger partial charge >= 0.3 is 0 Å². The summed E-state index contributed by atoms with van der Waals surface area (Å²) in [5.74, 6) is 0.951. The zero-order valence-corrected chi connectivity index (χ0v) is 21.5. The molecule has 3 aliphatic rings. The number of halogens is 1. The van der Waals surface area contributed by atoms with Crippen LogP contribution in [-0.2, 0) is 9.47 Å². The molecule has 3 fully saturated rings. The maximum Gasteiger partial charge on any atom is 0.191 e. The average Bonchev–Trinajstić information content (AvgIpc) is 3.27. The molecule has 3 rings (SSSR count). The van der Waals surface area contributed by atoms with Crippen LogP contribution in [0.5, 0.6) is 0 Å². The maximum atomic E-state index is 5.87. The van der Waals surface area contributed by atoms with Gasteiger partial charge in [-0.2, -0.15) is 0 Å². The molecule has 0 saturated carbocycles. The number of hydrogen-bond donors (Lipinski definition) is 2. The minimum Gasteiger partial charge on any atom is -0.379 e. The van der Waals surface area contributed by atoms with Gasteiger partial charge in [-0.05, 0) is 78.7 Å². The van der Waals surface area contributed by atoms with Gasteiger partial charge in [-0.25, -0.2) is 0 Å². The van der Waals surface area contributed by atoms with Gasteiger partial charge in [-0.15, -0.1) is 24.0 Å². The van der Waals surface area contributed by atoms with E-state index < -0.39 is 0 Å². The van der Waals surface area contributed by atoms with Gasteiger partial charge in [0.25, 0.3) is 0 Å². The fourth-order valence-electron chi connectivity index (χ4n) is 4.72. The van der Waals surface area contributed by atoms with E-state index in [1.165, 1.54) is 58.3 Å². The van der Waals surface area contributed by atoms with Crippen molar-refractivity contribution < 1.29 is 9.47 Å². The third-order valence-corrected chi connectivity index (χ3v) is 6.68. The van der Waals surface area contributed by atoms with Gasteiger partial charge in [0.1, 0.15) is 0 Å².